The van der Waals surface area contributed by atoms with Crippen LogP contribution in [-0.2, 0) is 6.54 Å². The van der Waals surface area contributed by atoms with Gasteiger partial charge in [-0.1, -0.05) is 0 Å². The first-order valence-corrected chi connectivity index (χ1v) is 7.34. The van der Waals surface area contributed by atoms with E-state index < -0.39 is 0 Å². The standard InChI is InChI=1S/C16H26N2O3.ClH/c1-11-8-18(9-12(2)17-11)10-13-6-14(19-3)16(21-5)15(7-13)20-4;/h6-7,11-12,17H,8-10H2,1-5H3;1H. The van der Waals surface area contributed by atoms with E-state index in [9.17, 15) is 0 Å². The van der Waals surface area contributed by atoms with Crippen LogP contribution in [0.1, 0.15) is 19.4 Å². The zero-order valence-electron chi connectivity index (χ0n) is 14.0. The van der Waals surface area contributed by atoms with E-state index in [4.69, 9.17) is 14.2 Å². The van der Waals surface area contributed by atoms with E-state index in [0.29, 0.717) is 29.3 Å². The Labute approximate surface area is 139 Å². The number of benzene rings is 1. The number of hydrogen-bond donors (Lipinski definition) is 1. The van der Waals surface area contributed by atoms with Crippen molar-refractivity contribution in [2.24, 2.45) is 0 Å². The molecule has 0 saturated carbocycles. The Morgan fingerprint density at radius 1 is 1.00 bits per heavy atom. The quantitative estimate of drug-likeness (QED) is 0.897. The van der Waals surface area contributed by atoms with Gasteiger partial charge in [-0.3, -0.25) is 4.90 Å². The summed E-state index contributed by atoms with van der Waals surface area (Å²) in [6.07, 6.45) is 0. The molecule has 6 heteroatoms. The second-order valence-corrected chi connectivity index (χ2v) is 5.70. The summed E-state index contributed by atoms with van der Waals surface area (Å²) in [5, 5.41) is 3.55. The number of piperazine rings is 1. The summed E-state index contributed by atoms with van der Waals surface area (Å²) in [4.78, 5) is 2.45. The smallest absolute Gasteiger partial charge is 0.203 e. The molecule has 22 heavy (non-hydrogen) atoms. The van der Waals surface area contributed by atoms with Gasteiger partial charge < -0.3 is 19.5 Å². The van der Waals surface area contributed by atoms with Gasteiger partial charge in [-0.15, -0.1) is 12.4 Å². The van der Waals surface area contributed by atoms with Gasteiger partial charge in [0.1, 0.15) is 0 Å². The maximum absolute atomic E-state index is 5.41. The second kappa shape index (κ2) is 8.46. The summed E-state index contributed by atoms with van der Waals surface area (Å²) in [5.74, 6) is 2.07. The number of halogens is 1. The Morgan fingerprint density at radius 3 is 1.91 bits per heavy atom. The van der Waals surface area contributed by atoms with Crippen molar-refractivity contribution in [3.63, 3.8) is 0 Å². The van der Waals surface area contributed by atoms with Gasteiger partial charge in [-0.25, -0.2) is 0 Å². The summed E-state index contributed by atoms with van der Waals surface area (Å²) in [6.45, 7) is 7.41. The van der Waals surface area contributed by atoms with Crippen molar-refractivity contribution in [1.82, 2.24) is 10.2 Å². The molecule has 0 aromatic heterocycles. The molecule has 0 aliphatic carbocycles. The molecule has 1 saturated heterocycles. The molecule has 5 nitrogen and oxygen atoms in total. The molecule has 0 radical (unpaired) electrons. The average molecular weight is 331 g/mol. The van der Waals surface area contributed by atoms with E-state index in [0.717, 1.165) is 19.6 Å². The molecule has 1 aromatic rings. The number of methoxy groups -OCH3 is 3. The van der Waals surface area contributed by atoms with Gasteiger partial charge in [-0.05, 0) is 31.5 Å². The minimum atomic E-state index is 0. The Bertz CT molecular complexity index is 449. The highest BCUT2D eigenvalue weighted by molar-refractivity contribution is 5.85. The molecular formula is C16H27ClN2O3. The van der Waals surface area contributed by atoms with Gasteiger partial charge in [0, 0.05) is 31.7 Å². The molecule has 1 aliphatic rings. The van der Waals surface area contributed by atoms with Crippen LogP contribution in [0.4, 0.5) is 0 Å². The van der Waals surface area contributed by atoms with Gasteiger partial charge in [-0.2, -0.15) is 0 Å². The zero-order chi connectivity index (χ0) is 15.4. The molecule has 0 bridgehead atoms. The number of nitrogens with zero attached hydrogens (tertiary/aromatic N) is 1. The fourth-order valence-corrected chi connectivity index (χ4v) is 3.05. The third kappa shape index (κ3) is 4.41. The summed E-state index contributed by atoms with van der Waals surface area (Å²) < 4.78 is 16.2. The van der Waals surface area contributed by atoms with Gasteiger partial charge in [0.05, 0.1) is 21.3 Å². The Morgan fingerprint density at radius 2 is 1.50 bits per heavy atom. The van der Waals surface area contributed by atoms with E-state index >= 15 is 0 Å². The van der Waals surface area contributed by atoms with E-state index in [1.54, 1.807) is 21.3 Å². The molecule has 126 valence electrons. The largest absolute Gasteiger partial charge is 0.493 e. The average Bonchev–Trinajstić information content (AvgIpc) is 2.45. The molecule has 1 N–H and O–H groups in total. The van der Waals surface area contributed by atoms with Crippen LogP contribution in [0.5, 0.6) is 17.2 Å². The first-order chi connectivity index (χ1) is 10.1. The lowest BCUT2D eigenvalue weighted by Gasteiger charge is -2.36. The molecule has 2 unspecified atom stereocenters. The Balaban J connectivity index is 0.00000242. The van der Waals surface area contributed by atoms with Crippen LogP contribution in [0, 0.1) is 0 Å². The predicted octanol–water partition coefficient (Wildman–Crippen LogP) is 2.32. The van der Waals surface area contributed by atoms with E-state index in [1.807, 2.05) is 12.1 Å². The lowest BCUT2D eigenvalue weighted by atomic mass is 10.1. The third-order valence-electron chi connectivity index (χ3n) is 3.76. The van der Waals surface area contributed by atoms with Crippen molar-refractivity contribution in [3.8, 4) is 17.2 Å². The van der Waals surface area contributed by atoms with Crippen molar-refractivity contribution < 1.29 is 14.2 Å². The molecular weight excluding hydrogens is 304 g/mol. The van der Waals surface area contributed by atoms with Crippen LogP contribution in [0.3, 0.4) is 0 Å². The number of hydrogen-bond acceptors (Lipinski definition) is 5. The Kier molecular flexibility index (Phi) is 7.26. The summed E-state index contributed by atoms with van der Waals surface area (Å²) in [6, 6.07) is 5.07. The van der Waals surface area contributed by atoms with Crippen LogP contribution in [-0.4, -0.2) is 51.4 Å². The minimum Gasteiger partial charge on any atom is -0.493 e. The highest BCUT2D eigenvalue weighted by Crippen LogP contribution is 2.38. The highest BCUT2D eigenvalue weighted by Gasteiger charge is 2.22. The molecule has 0 amide bonds. The zero-order valence-corrected chi connectivity index (χ0v) is 14.8. The lowest BCUT2D eigenvalue weighted by Crippen LogP contribution is -2.53. The fourth-order valence-electron chi connectivity index (χ4n) is 3.05. The summed E-state index contributed by atoms with van der Waals surface area (Å²) in [7, 11) is 4.92. The molecule has 1 heterocycles. The summed E-state index contributed by atoms with van der Waals surface area (Å²) in [5.41, 5.74) is 1.17. The van der Waals surface area contributed by atoms with Crippen molar-refractivity contribution in [1.29, 1.82) is 0 Å². The van der Waals surface area contributed by atoms with Crippen LogP contribution in [0.15, 0.2) is 12.1 Å². The van der Waals surface area contributed by atoms with Gasteiger partial charge in [0.15, 0.2) is 11.5 Å². The minimum absolute atomic E-state index is 0. The van der Waals surface area contributed by atoms with Crippen LogP contribution in [0.25, 0.3) is 0 Å². The first-order valence-electron chi connectivity index (χ1n) is 7.34. The maximum Gasteiger partial charge on any atom is 0.203 e. The fraction of sp³-hybridized carbons (Fsp3) is 0.625. The van der Waals surface area contributed by atoms with Crippen molar-refractivity contribution in [2.45, 2.75) is 32.5 Å². The van der Waals surface area contributed by atoms with Crippen molar-refractivity contribution >= 4 is 12.4 Å². The molecule has 2 rings (SSSR count). The van der Waals surface area contributed by atoms with E-state index in [-0.39, 0.29) is 12.4 Å². The van der Waals surface area contributed by atoms with Crippen molar-refractivity contribution in [2.75, 3.05) is 34.4 Å². The molecule has 1 fully saturated rings. The highest BCUT2D eigenvalue weighted by atomic mass is 35.5. The molecule has 0 spiro atoms. The molecule has 2 atom stereocenters. The molecule has 1 aliphatic heterocycles. The van der Waals surface area contributed by atoms with Crippen LogP contribution < -0.4 is 19.5 Å². The number of rotatable bonds is 5. The first kappa shape index (κ1) is 18.9. The number of ether oxygens (including phenoxy) is 3. The van der Waals surface area contributed by atoms with Crippen LogP contribution in [0.2, 0.25) is 0 Å². The monoisotopic (exact) mass is 330 g/mol. The van der Waals surface area contributed by atoms with Gasteiger partial charge in [0.2, 0.25) is 5.75 Å². The Hall–Kier alpha value is -1.17. The maximum atomic E-state index is 5.41. The lowest BCUT2D eigenvalue weighted by molar-refractivity contribution is 0.166. The predicted molar refractivity (Wildman–Crippen MR) is 90.7 cm³/mol. The van der Waals surface area contributed by atoms with Gasteiger partial charge in [0.25, 0.3) is 0 Å². The van der Waals surface area contributed by atoms with E-state index in [2.05, 4.69) is 24.1 Å². The number of nitrogens with one attached hydrogen (secondary N) is 1. The topological polar surface area (TPSA) is 43.0 Å². The SMILES string of the molecule is COc1cc(CN2CC(C)NC(C)C2)cc(OC)c1OC.Cl. The normalized spacial score (nSPS) is 21.9. The van der Waals surface area contributed by atoms with E-state index in [1.165, 1.54) is 5.56 Å². The van der Waals surface area contributed by atoms with Crippen LogP contribution >= 0.6 is 12.4 Å². The third-order valence-corrected chi connectivity index (χ3v) is 3.76. The second-order valence-electron chi connectivity index (χ2n) is 5.70. The molecule has 1 aromatic carbocycles. The van der Waals surface area contributed by atoms with Crippen molar-refractivity contribution in [3.05, 3.63) is 17.7 Å². The van der Waals surface area contributed by atoms with Gasteiger partial charge >= 0.3 is 0 Å². The summed E-state index contributed by atoms with van der Waals surface area (Å²) >= 11 is 0.